The van der Waals surface area contributed by atoms with Gasteiger partial charge >= 0.3 is 6.01 Å². The Morgan fingerprint density at radius 3 is 2.47 bits per heavy atom. The Morgan fingerprint density at radius 2 is 1.67 bits per heavy atom. The number of likely N-dealkylation sites (tertiary alicyclic amines) is 1. The molecule has 70 heavy (non-hydrogen) atoms. The highest BCUT2D eigenvalue weighted by atomic mass is 127. The second kappa shape index (κ2) is 24.5. The molecule has 0 spiro atoms. The van der Waals surface area contributed by atoms with Crippen molar-refractivity contribution >= 4 is 112 Å². The molecular weight excluding hydrogens is 1150 g/mol. The predicted octanol–water partition coefficient (Wildman–Crippen LogP) is 9.52. The monoisotopic (exact) mass is 1210 g/mol. The number of nitrogens with zero attached hydrogens (tertiary/aromatic N) is 6. The van der Waals surface area contributed by atoms with Gasteiger partial charge in [0.25, 0.3) is 5.91 Å². The SMILES string of the molecule is N#CC[C@H]1CN(c2nc(OC[C@@H]3CCCN3CCCOCCOCCOCCOc3c(Br)cc(/C=C4\C(=O)Nc5ccc(I)cc54)cc3Br)nc3c2CCN(c2cccc4cccc(Cl)c24)C3)CCN1. The second-order valence-electron chi connectivity index (χ2n) is 17.7. The molecule has 9 rings (SSSR count). The van der Waals surface area contributed by atoms with Crippen LogP contribution in [0.15, 0.2) is 75.7 Å². The number of hydrogen-bond donors (Lipinski definition) is 2. The number of nitriles is 1. The number of piperazine rings is 1. The van der Waals surface area contributed by atoms with Gasteiger partial charge in [-0.05, 0) is 146 Å². The van der Waals surface area contributed by atoms with E-state index < -0.39 is 0 Å². The number of benzene rings is 4. The van der Waals surface area contributed by atoms with Crippen LogP contribution in [0.4, 0.5) is 17.2 Å². The number of ether oxygens (including phenoxy) is 5. The molecule has 0 unspecified atom stereocenters. The minimum Gasteiger partial charge on any atom is -0.489 e. The molecule has 4 aliphatic heterocycles. The Bertz CT molecular complexity index is 2720. The van der Waals surface area contributed by atoms with Gasteiger partial charge in [-0.2, -0.15) is 15.2 Å². The Labute approximate surface area is 444 Å². The second-order valence-corrected chi connectivity index (χ2v) is 21.1. The summed E-state index contributed by atoms with van der Waals surface area (Å²) in [6.07, 6.45) is 6.22. The Hall–Kier alpha value is -4.10. The summed E-state index contributed by atoms with van der Waals surface area (Å²) >= 11 is 16.3. The van der Waals surface area contributed by atoms with Crippen LogP contribution in [-0.2, 0) is 32.0 Å². The van der Waals surface area contributed by atoms with E-state index in [-0.39, 0.29) is 18.0 Å². The molecule has 5 heterocycles. The minimum absolute atomic E-state index is 0.0833. The third-order valence-corrected chi connectivity index (χ3v) is 15.2. The van der Waals surface area contributed by atoms with Crippen molar-refractivity contribution in [2.24, 2.45) is 0 Å². The molecule has 368 valence electrons. The Morgan fingerprint density at radius 1 is 0.900 bits per heavy atom. The lowest BCUT2D eigenvalue weighted by Crippen LogP contribution is -2.51. The van der Waals surface area contributed by atoms with Crippen molar-refractivity contribution < 1.29 is 28.5 Å². The van der Waals surface area contributed by atoms with Gasteiger partial charge in [-0.25, -0.2) is 0 Å². The standard InChI is InChI=1S/C52H56Br2ClIN8O6/c53-42-28-34(27-41-40-30-36(56)10-11-45(40)59-51(41)65)29-43(54)49(42)69-26-25-68-24-23-67-22-21-66-20-4-17-62-16-3-7-38(62)33-70-52-60-46-32-63(47-9-2-6-35-5-1-8-44(55)48(35)47)18-13-39(46)50(61-52)64-19-15-58-37(31-64)12-14-57/h1-2,5-6,8-11,27-30,37-38,58H,3-4,7,12-13,15-26,31-33H2,(H,59,65)/b41-27-/t37-,38-/m0/s1. The van der Waals surface area contributed by atoms with Gasteiger partial charge in [-0.1, -0.05) is 35.9 Å². The summed E-state index contributed by atoms with van der Waals surface area (Å²) in [6.45, 7) is 9.58. The number of anilines is 3. The summed E-state index contributed by atoms with van der Waals surface area (Å²) in [5.74, 6) is 1.48. The summed E-state index contributed by atoms with van der Waals surface area (Å²) in [7, 11) is 0. The van der Waals surface area contributed by atoms with Crippen molar-refractivity contribution in [3.05, 3.63) is 107 Å². The molecule has 1 aromatic heterocycles. The maximum absolute atomic E-state index is 12.7. The van der Waals surface area contributed by atoms with Crippen molar-refractivity contribution in [2.45, 2.75) is 50.7 Å². The molecule has 2 atom stereocenters. The van der Waals surface area contributed by atoms with Crippen LogP contribution >= 0.6 is 66.1 Å². The van der Waals surface area contributed by atoms with Gasteiger partial charge in [0.2, 0.25) is 0 Å². The zero-order valence-electron chi connectivity index (χ0n) is 38.9. The molecule has 5 aromatic rings. The minimum atomic E-state index is -0.116. The van der Waals surface area contributed by atoms with E-state index in [9.17, 15) is 10.1 Å². The highest BCUT2D eigenvalue weighted by molar-refractivity contribution is 14.1. The first-order valence-corrected chi connectivity index (χ1v) is 27.0. The van der Waals surface area contributed by atoms with E-state index >= 15 is 0 Å². The number of fused-ring (bicyclic) bond motifs is 3. The van der Waals surface area contributed by atoms with E-state index in [1.807, 2.05) is 48.5 Å². The lowest BCUT2D eigenvalue weighted by molar-refractivity contribution is -0.110. The molecule has 4 aliphatic rings. The van der Waals surface area contributed by atoms with Gasteiger partial charge in [0.05, 0.1) is 71.7 Å². The van der Waals surface area contributed by atoms with Gasteiger partial charge < -0.3 is 44.1 Å². The first-order valence-electron chi connectivity index (χ1n) is 23.9. The quantitative estimate of drug-likeness (QED) is 0.0409. The molecule has 2 saturated heterocycles. The van der Waals surface area contributed by atoms with Crippen LogP contribution in [0.2, 0.25) is 5.02 Å². The third-order valence-electron chi connectivity index (χ3n) is 13.0. The summed E-state index contributed by atoms with van der Waals surface area (Å²) < 4.78 is 32.6. The zero-order chi connectivity index (χ0) is 48.4. The van der Waals surface area contributed by atoms with Gasteiger partial charge in [-0.3, -0.25) is 9.69 Å². The smallest absolute Gasteiger partial charge is 0.318 e. The largest absolute Gasteiger partial charge is 0.489 e. The van der Waals surface area contributed by atoms with Crippen LogP contribution in [0.3, 0.4) is 0 Å². The fourth-order valence-electron chi connectivity index (χ4n) is 9.66. The number of aromatic nitrogens is 2. The van der Waals surface area contributed by atoms with Crippen molar-refractivity contribution in [1.29, 1.82) is 5.26 Å². The van der Waals surface area contributed by atoms with Crippen molar-refractivity contribution in [1.82, 2.24) is 20.2 Å². The first-order chi connectivity index (χ1) is 34.2. The van der Waals surface area contributed by atoms with E-state index in [0.29, 0.717) is 89.7 Å². The summed E-state index contributed by atoms with van der Waals surface area (Å²) in [5, 5.41) is 18.8. The molecule has 0 radical (unpaired) electrons. The normalized spacial score (nSPS) is 18.6. The van der Waals surface area contributed by atoms with Crippen molar-refractivity contribution in [3.63, 3.8) is 0 Å². The van der Waals surface area contributed by atoms with E-state index in [4.69, 9.17) is 45.3 Å². The van der Waals surface area contributed by atoms with Crippen LogP contribution in [0.25, 0.3) is 22.4 Å². The van der Waals surface area contributed by atoms with E-state index in [1.165, 1.54) is 0 Å². The van der Waals surface area contributed by atoms with Gasteiger partial charge in [0.15, 0.2) is 0 Å². The van der Waals surface area contributed by atoms with E-state index in [0.717, 1.165) is 126 Å². The number of hydrogen-bond acceptors (Lipinski definition) is 13. The van der Waals surface area contributed by atoms with E-state index in [2.05, 4.69) is 110 Å². The summed E-state index contributed by atoms with van der Waals surface area (Å²) in [4.78, 5) is 30.0. The van der Waals surface area contributed by atoms with Crippen LogP contribution in [-0.4, -0.2) is 125 Å². The Balaban J connectivity index is 0.685. The first kappa shape index (κ1) is 50.8. The van der Waals surface area contributed by atoms with E-state index in [1.54, 1.807) is 0 Å². The lowest BCUT2D eigenvalue weighted by atomic mass is 10.0. The third kappa shape index (κ3) is 12.6. The number of amides is 1. The predicted molar refractivity (Wildman–Crippen MR) is 290 cm³/mol. The molecular formula is C52H56Br2ClIN8O6. The average Bonchev–Trinajstić information content (AvgIpc) is 3.94. The van der Waals surface area contributed by atoms with Gasteiger partial charge in [-0.15, -0.1) is 0 Å². The highest BCUT2D eigenvalue weighted by Crippen LogP contribution is 2.40. The molecule has 4 aromatic carbocycles. The molecule has 0 aliphatic carbocycles. The van der Waals surface area contributed by atoms with Crippen LogP contribution < -0.4 is 29.9 Å². The van der Waals surface area contributed by atoms with Crippen LogP contribution in [0, 0.1) is 14.9 Å². The van der Waals surface area contributed by atoms with Crippen molar-refractivity contribution in [2.75, 3.05) is 107 Å². The molecule has 0 bridgehead atoms. The highest BCUT2D eigenvalue weighted by Gasteiger charge is 2.31. The lowest BCUT2D eigenvalue weighted by Gasteiger charge is -2.37. The number of rotatable bonds is 21. The van der Waals surface area contributed by atoms with Gasteiger partial charge in [0, 0.05) is 88.4 Å². The maximum atomic E-state index is 12.7. The molecule has 14 nitrogen and oxygen atoms in total. The topological polar surface area (TPSA) is 147 Å². The maximum Gasteiger partial charge on any atom is 0.318 e. The molecule has 2 N–H and O–H groups in total. The molecule has 1 amide bonds. The molecule has 0 saturated carbocycles. The number of nitrogens with one attached hydrogen (secondary N) is 2. The molecule has 18 heteroatoms. The summed E-state index contributed by atoms with van der Waals surface area (Å²) in [5.41, 5.74) is 6.45. The Kier molecular flexibility index (Phi) is 17.8. The van der Waals surface area contributed by atoms with Crippen molar-refractivity contribution in [3.8, 4) is 17.8 Å². The number of carbonyl (C=O) groups excluding carboxylic acids is 1. The number of halogens is 4. The van der Waals surface area contributed by atoms with Crippen LogP contribution in [0.5, 0.6) is 11.8 Å². The van der Waals surface area contributed by atoms with Crippen LogP contribution in [0.1, 0.15) is 48.1 Å². The molecule has 2 fully saturated rings. The number of carbonyl (C=O) groups is 1. The fourth-order valence-corrected chi connectivity index (χ4v) is 11.9. The van der Waals surface area contributed by atoms with Gasteiger partial charge in [0.1, 0.15) is 24.8 Å². The zero-order valence-corrected chi connectivity index (χ0v) is 45.0. The average molecular weight is 1210 g/mol. The fraction of sp³-hybridized carbons (Fsp3) is 0.423. The summed E-state index contributed by atoms with van der Waals surface area (Å²) in [6, 6.07) is 25.3.